The van der Waals surface area contributed by atoms with Gasteiger partial charge < -0.3 is 10.6 Å². The van der Waals surface area contributed by atoms with Gasteiger partial charge in [-0.3, -0.25) is 0 Å². The molecule has 0 aromatic carbocycles. The van der Waals surface area contributed by atoms with Crippen molar-refractivity contribution in [2.75, 3.05) is 6.54 Å². The summed E-state index contributed by atoms with van der Waals surface area (Å²) in [4.78, 5) is 1.42. The molecule has 0 aromatic heterocycles. The molecule has 2 heterocycles. The predicted octanol–water partition coefficient (Wildman–Crippen LogP) is -0.357. The van der Waals surface area contributed by atoms with E-state index in [-0.39, 0.29) is 17.6 Å². The van der Waals surface area contributed by atoms with Gasteiger partial charge in [-0.2, -0.15) is 34.2 Å². The normalized spacial score (nSPS) is 28.6. The summed E-state index contributed by atoms with van der Waals surface area (Å²) in [5, 5.41) is 3.63. The number of thiol groups is 1. The molecule has 2 aliphatic heterocycles. The third-order valence-corrected chi connectivity index (χ3v) is 3.75. The van der Waals surface area contributed by atoms with Crippen molar-refractivity contribution in [3.05, 3.63) is 0 Å². The number of rotatable bonds is 2. The molecule has 2 unspecified atom stereocenters. The highest BCUT2D eigenvalue weighted by atomic mass is 32.2. The zero-order valence-corrected chi connectivity index (χ0v) is 10.4. The molecule has 0 saturated carbocycles. The van der Waals surface area contributed by atoms with Crippen LogP contribution in [-0.2, 0) is 14.4 Å². The fourth-order valence-corrected chi connectivity index (χ4v) is 2.47. The Balaban J connectivity index is 2.17. The Morgan fingerprint density at radius 3 is 2.67 bits per heavy atom. The quantitative estimate of drug-likeness (QED) is 0.535. The molecule has 12 heteroatoms. The molecular formula is C6H9F3N4O3S2. The van der Waals surface area contributed by atoms with Crippen LogP contribution >= 0.6 is 12.6 Å². The molecule has 0 amide bonds. The predicted molar refractivity (Wildman–Crippen MR) is 57.4 cm³/mol. The number of nitrogens with zero attached hydrogens (tertiary/aromatic N) is 3. The minimum absolute atomic E-state index is 0.103. The second-order valence-electron chi connectivity index (χ2n) is 3.76. The Bertz CT molecular complexity index is 479. The summed E-state index contributed by atoms with van der Waals surface area (Å²) >= 11 is 4.14. The van der Waals surface area contributed by atoms with Gasteiger partial charge in [0.25, 0.3) is 0 Å². The van der Waals surface area contributed by atoms with Gasteiger partial charge in [0.15, 0.2) is 6.17 Å². The molecule has 2 rings (SSSR count). The standard InChI is InChI=1S/C6H9F3N4O3S2/c7-6(8,9)18(14,15)16-13-4-1-3(17)2-12(4)5(10)11-13/h3-4,17H,1-2H2,(H2,10,11). The third-order valence-electron chi connectivity index (χ3n) is 2.46. The lowest BCUT2D eigenvalue weighted by Gasteiger charge is -2.22. The van der Waals surface area contributed by atoms with Gasteiger partial charge in [0.05, 0.1) is 0 Å². The van der Waals surface area contributed by atoms with Crippen LogP contribution in [-0.4, -0.2) is 47.9 Å². The Labute approximate surface area is 106 Å². The molecular weight excluding hydrogens is 297 g/mol. The lowest BCUT2D eigenvalue weighted by atomic mass is 10.3. The average Bonchev–Trinajstić information content (AvgIpc) is 2.66. The molecule has 7 nitrogen and oxygen atoms in total. The highest BCUT2D eigenvalue weighted by molar-refractivity contribution is 7.87. The maximum atomic E-state index is 12.2. The second kappa shape index (κ2) is 4.06. The molecule has 1 saturated heterocycles. The highest BCUT2D eigenvalue weighted by Crippen LogP contribution is 2.32. The van der Waals surface area contributed by atoms with Crippen molar-refractivity contribution < 1.29 is 25.9 Å². The molecule has 104 valence electrons. The number of fused-ring (bicyclic) bond motifs is 1. The van der Waals surface area contributed by atoms with E-state index in [1.165, 1.54) is 4.90 Å². The minimum atomic E-state index is -5.75. The molecule has 0 aliphatic carbocycles. The lowest BCUT2D eigenvalue weighted by molar-refractivity contribution is -0.127. The van der Waals surface area contributed by atoms with E-state index in [9.17, 15) is 21.6 Å². The number of hydroxylamine groups is 1. The first-order valence-corrected chi connectivity index (χ1v) is 6.63. The van der Waals surface area contributed by atoms with E-state index in [2.05, 4.69) is 22.0 Å². The zero-order valence-electron chi connectivity index (χ0n) is 8.70. The summed E-state index contributed by atoms with van der Waals surface area (Å²) in [7, 11) is -5.75. The fourth-order valence-electron chi connectivity index (χ4n) is 1.68. The molecule has 0 radical (unpaired) electrons. The maximum Gasteiger partial charge on any atom is 0.525 e. The van der Waals surface area contributed by atoms with Crippen LogP contribution in [0.5, 0.6) is 0 Å². The van der Waals surface area contributed by atoms with Crippen LogP contribution < -0.4 is 5.73 Å². The van der Waals surface area contributed by atoms with E-state index < -0.39 is 21.8 Å². The first kappa shape index (κ1) is 13.5. The van der Waals surface area contributed by atoms with Crippen LogP contribution in [0.25, 0.3) is 0 Å². The fraction of sp³-hybridized carbons (Fsp3) is 0.833. The third kappa shape index (κ3) is 2.19. The van der Waals surface area contributed by atoms with Crippen molar-refractivity contribution in [1.82, 2.24) is 10.1 Å². The summed E-state index contributed by atoms with van der Waals surface area (Å²) in [6, 6.07) is 0. The van der Waals surface area contributed by atoms with Crippen LogP contribution in [0.2, 0.25) is 0 Å². The SMILES string of the molecule is NC1=NN(OS(=O)(=O)C(F)(F)F)C2CC(S)CN12. The van der Waals surface area contributed by atoms with Gasteiger partial charge in [-0.1, -0.05) is 0 Å². The van der Waals surface area contributed by atoms with Crippen LogP contribution in [0.3, 0.4) is 0 Å². The van der Waals surface area contributed by atoms with Gasteiger partial charge in [0, 0.05) is 18.2 Å². The molecule has 2 aliphatic rings. The molecule has 1 fully saturated rings. The summed E-state index contributed by atoms with van der Waals surface area (Å²) in [5.74, 6) is -0.103. The van der Waals surface area contributed by atoms with E-state index in [0.717, 1.165) is 0 Å². The Morgan fingerprint density at radius 2 is 2.11 bits per heavy atom. The van der Waals surface area contributed by atoms with E-state index in [0.29, 0.717) is 11.7 Å². The van der Waals surface area contributed by atoms with Crippen molar-refractivity contribution >= 4 is 28.7 Å². The number of guanidine groups is 1. The molecule has 18 heavy (non-hydrogen) atoms. The van der Waals surface area contributed by atoms with Crippen molar-refractivity contribution in [2.45, 2.75) is 23.3 Å². The van der Waals surface area contributed by atoms with Crippen molar-refractivity contribution in [3.63, 3.8) is 0 Å². The van der Waals surface area contributed by atoms with Crippen molar-refractivity contribution in [3.8, 4) is 0 Å². The molecule has 0 aromatic rings. The Kier molecular flexibility index (Phi) is 3.06. The summed E-state index contributed by atoms with van der Waals surface area (Å²) in [6.45, 7) is 0.356. The van der Waals surface area contributed by atoms with Gasteiger partial charge >= 0.3 is 15.6 Å². The van der Waals surface area contributed by atoms with Crippen LogP contribution in [0.1, 0.15) is 6.42 Å². The van der Waals surface area contributed by atoms with Crippen LogP contribution in [0, 0.1) is 0 Å². The largest absolute Gasteiger partial charge is 0.525 e. The summed E-state index contributed by atoms with van der Waals surface area (Å²) in [6.07, 6.45) is -0.509. The molecule has 0 spiro atoms. The molecule has 2 atom stereocenters. The van der Waals surface area contributed by atoms with Crippen LogP contribution in [0.15, 0.2) is 5.10 Å². The van der Waals surface area contributed by atoms with Gasteiger partial charge in [-0.15, -0.1) is 14.6 Å². The number of hydrogen-bond acceptors (Lipinski definition) is 8. The second-order valence-corrected chi connectivity index (χ2v) is 6.01. The lowest BCUT2D eigenvalue weighted by Crippen LogP contribution is -2.41. The summed E-state index contributed by atoms with van der Waals surface area (Å²) < 4.78 is 62.1. The average molecular weight is 306 g/mol. The van der Waals surface area contributed by atoms with E-state index in [1.807, 2.05) is 0 Å². The first-order valence-electron chi connectivity index (χ1n) is 4.71. The number of hydrogen-bond donors (Lipinski definition) is 2. The topological polar surface area (TPSA) is 88.2 Å². The van der Waals surface area contributed by atoms with Gasteiger partial charge in [0.1, 0.15) is 0 Å². The van der Waals surface area contributed by atoms with E-state index in [4.69, 9.17) is 5.73 Å². The number of alkyl halides is 3. The van der Waals surface area contributed by atoms with Gasteiger partial charge in [0.2, 0.25) is 5.96 Å². The number of halogens is 3. The van der Waals surface area contributed by atoms with E-state index in [1.54, 1.807) is 0 Å². The first-order chi connectivity index (χ1) is 8.12. The Hall–Kier alpha value is -0.880. The Morgan fingerprint density at radius 1 is 1.50 bits per heavy atom. The summed E-state index contributed by atoms with van der Waals surface area (Å²) in [5.41, 5.74) is -0.0656. The molecule has 0 bridgehead atoms. The zero-order chi connectivity index (χ0) is 13.7. The van der Waals surface area contributed by atoms with Crippen molar-refractivity contribution in [2.24, 2.45) is 10.8 Å². The minimum Gasteiger partial charge on any atom is -0.368 e. The molecule has 2 N–H and O–H groups in total. The van der Waals surface area contributed by atoms with Crippen molar-refractivity contribution in [1.29, 1.82) is 0 Å². The van der Waals surface area contributed by atoms with Gasteiger partial charge in [-0.25, -0.2) is 0 Å². The number of nitrogens with two attached hydrogens (primary N) is 1. The van der Waals surface area contributed by atoms with Gasteiger partial charge in [-0.05, 0) is 0 Å². The monoisotopic (exact) mass is 306 g/mol. The van der Waals surface area contributed by atoms with Crippen LogP contribution in [0.4, 0.5) is 13.2 Å². The maximum absolute atomic E-state index is 12.2. The highest BCUT2D eigenvalue weighted by Gasteiger charge is 2.52. The van der Waals surface area contributed by atoms with E-state index >= 15 is 0 Å². The smallest absolute Gasteiger partial charge is 0.368 e. The number of hydrazone groups is 1.